The molecule has 2 aliphatic rings. The molecule has 0 aliphatic carbocycles. The highest BCUT2D eigenvalue weighted by Gasteiger charge is 2.50. The van der Waals surface area contributed by atoms with E-state index in [1.54, 1.807) is 41.5 Å². The summed E-state index contributed by atoms with van der Waals surface area (Å²) in [6.45, 7) is 1.35. The molecule has 2 aliphatic heterocycles. The zero-order valence-electron chi connectivity index (χ0n) is 11.9. The van der Waals surface area contributed by atoms with Crippen molar-refractivity contribution in [3.8, 4) is 0 Å². The zero-order valence-corrected chi connectivity index (χ0v) is 11.9. The van der Waals surface area contributed by atoms with E-state index in [1.807, 2.05) is 0 Å². The molecule has 0 saturated carbocycles. The van der Waals surface area contributed by atoms with Crippen LogP contribution in [0.1, 0.15) is 12.5 Å². The van der Waals surface area contributed by atoms with Crippen molar-refractivity contribution in [2.24, 2.45) is 4.99 Å². The highest BCUT2D eigenvalue weighted by atomic mass is 19.1. The molecule has 0 fully saturated rings. The number of fused-ring (bicyclic) bond motifs is 1. The van der Waals surface area contributed by atoms with Gasteiger partial charge in [0.1, 0.15) is 11.7 Å². The van der Waals surface area contributed by atoms with E-state index in [4.69, 9.17) is 0 Å². The van der Waals surface area contributed by atoms with Crippen LogP contribution in [0.15, 0.2) is 53.7 Å². The Labute approximate surface area is 126 Å². The van der Waals surface area contributed by atoms with Crippen LogP contribution in [0.4, 0.5) is 4.39 Å². The lowest BCUT2D eigenvalue weighted by Gasteiger charge is -2.37. The molecule has 1 N–H and O–H groups in total. The first-order valence-electron chi connectivity index (χ1n) is 6.82. The Morgan fingerprint density at radius 2 is 2.05 bits per heavy atom. The summed E-state index contributed by atoms with van der Waals surface area (Å²) in [7, 11) is 0. The topological polar surface area (TPSA) is 61.8 Å². The van der Waals surface area contributed by atoms with Crippen LogP contribution in [0.25, 0.3) is 0 Å². The molecule has 1 aromatic carbocycles. The summed E-state index contributed by atoms with van der Waals surface area (Å²) in [5, 5.41) is 2.71. The number of hydrogen-bond acceptors (Lipinski definition) is 3. The number of amidine groups is 1. The average Bonchev–Trinajstić information content (AvgIpc) is 2.74. The van der Waals surface area contributed by atoms with Gasteiger partial charge < -0.3 is 10.2 Å². The standard InChI is InChI=1S/C16H14FN3O2/c1-11(21)19-16(10-12-5-7-13(17)8-6-12)15(22)18-14-4-2-3-9-20(14)16/h2-9H,10H2,1H3,(H,19,21). The number of nitrogens with one attached hydrogen (secondary N) is 1. The third-order valence-electron chi connectivity index (χ3n) is 3.58. The molecule has 0 radical (unpaired) electrons. The third-order valence-corrected chi connectivity index (χ3v) is 3.58. The largest absolute Gasteiger partial charge is 0.325 e. The van der Waals surface area contributed by atoms with Crippen LogP contribution >= 0.6 is 0 Å². The van der Waals surface area contributed by atoms with E-state index < -0.39 is 11.6 Å². The highest BCUT2D eigenvalue weighted by molar-refractivity contribution is 6.12. The number of amides is 2. The molecule has 5 nitrogen and oxygen atoms in total. The Morgan fingerprint density at radius 1 is 1.32 bits per heavy atom. The predicted molar refractivity (Wildman–Crippen MR) is 79.2 cm³/mol. The van der Waals surface area contributed by atoms with Crippen molar-refractivity contribution >= 4 is 17.6 Å². The molecule has 6 heteroatoms. The molecule has 2 amide bonds. The summed E-state index contributed by atoms with van der Waals surface area (Å²) in [5.74, 6) is -0.663. The fourth-order valence-corrected chi connectivity index (χ4v) is 2.66. The Bertz CT molecular complexity index is 721. The number of carbonyl (C=O) groups is 2. The first-order valence-corrected chi connectivity index (χ1v) is 6.82. The first kappa shape index (κ1) is 14.2. The van der Waals surface area contributed by atoms with E-state index in [0.717, 1.165) is 5.56 Å². The lowest BCUT2D eigenvalue weighted by atomic mass is 9.97. The summed E-state index contributed by atoms with van der Waals surface area (Å²) in [4.78, 5) is 29.8. The van der Waals surface area contributed by atoms with Gasteiger partial charge in [-0.25, -0.2) is 4.39 Å². The van der Waals surface area contributed by atoms with Gasteiger partial charge in [0.05, 0.1) is 0 Å². The second-order valence-electron chi connectivity index (χ2n) is 5.19. The maximum Gasteiger partial charge on any atom is 0.295 e. The van der Waals surface area contributed by atoms with E-state index in [9.17, 15) is 14.0 Å². The van der Waals surface area contributed by atoms with Gasteiger partial charge in [-0.2, -0.15) is 4.99 Å². The van der Waals surface area contributed by atoms with Crippen LogP contribution in [0.3, 0.4) is 0 Å². The van der Waals surface area contributed by atoms with Crippen molar-refractivity contribution in [1.29, 1.82) is 0 Å². The van der Waals surface area contributed by atoms with Crippen molar-refractivity contribution in [3.05, 3.63) is 60.1 Å². The van der Waals surface area contributed by atoms with Gasteiger partial charge in [-0.1, -0.05) is 18.2 Å². The molecular weight excluding hydrogens is 285 g/mol. The highest BCUT2D eigenvalue weighted by Crippen LogP contribution is 2.29. The van der Waals surface area contributed by atoms with Gasteiger partial charge in [0.25, 0.3) is 5.91 Å². The number of halogens is 1. The van der Waals surface area contributed by atoms with Crippen LogP contribution in [0.2, 0.25) is 0 Å². The normalized spacial score (nSPS) is 22.5. The number of aliphatic imine (C=N–C) groups is 1. The predicted octanol–water partition coefficient (Wildman–Crippen LogP) is 1.52. The maximum atomic E-state index is 13.1. The minimum absolute atomic E-state index is 0.191. The minimum Gasteiger partial charge on any atom is -0.325 e. The van der Waals surface area contributed by atoms with E-state index in [-0.39, 0.29) is 18.1 Å². The van der Waals surface area contributed by atoms with Crippen molar-refractivity contribution < 1.29 is 14.0 Å². The van der Waals surface area contributed by atoms with E-state index in [0.29, 0.717) is 5.84 Å². The zero-order chi connectivity index (χ0) is 15.7. The molecular formula is C16H14FN3O2. The summed E-state index contributed by atoms with van der Waals surface area (Å²) >= 11 is 0. The van der Waals surface area contributed by atoms with Crippen LogP contribution in [-0.4, -0.2) is 28.2 Å². The quantitative estimate of drug-likeness (QED) is 0.920. The maximum absolute atomic E-state index is 13.1. The van der Waals surface area contributed by atoms with Gasteiger partial charge in [0.15, 0.2) is 0 Å². The van der Waals surface area contributed by atoms with Gasteiger partial charge in [-0.05, 0) is 29.8 Å². The number of nitrogens with zero attached hydrogens (tertiary/aromatic N) is 2. The molecule has 0 bridgehead atoms. The van der Waals surface area contributed by atoms with Gasteiger partial charge in [-0.15, -0.1) is 0 Å². The molecule has 0 saturated heterocycles. The molecule has 2 heterocycles. The number of carbonyl (C=O) groups excluding carboxylic acids is 2. The SMILES string of the molecule is CC(=O)NC1(Cc2ccc(F)cc2)C(=O)N=C2C=CC=CN21. The number of allylic oxidation sites excluding steroid dienone is 2. The monoisotopic (exact) mass is 299 g/mol. The first-order chi connectivity index (χ1) is 10.5. The molecule has 0 spiro atoms. The Balaban J connectivity index is 2.00. The van der Waals surface area contributed by atoms with Crippen molar-refractivity contribution in [2.75, 3.05) is 0 Å². The van der Waals surface area contributed by atoms with Crippen LogP contribution in [0, 0.1) is 5.82 Å². The fourth-order valence-electron chi connectivity index (χ4n) is 2.66. The lowest BCUT2D eigenvalue weighted by molar-refractivity contribution is -0.133. The van der Waals surface area contributed by atoms with Gasteiger partial charge in [0.2, 0.25) is 11.6 Å². The van der Waals surface area contributed by atoms with Crippen molar-refractivity contribution in [1.82, 2.24) is 10.2 Å². The molecule has 22 heavy (non-hydrogen) atoms. The van der Waals surface area contributed by atoms with E-state index >= 15 is 0 Å². The molecule has 1 atom stereocenters. The second kappa shape index (κ2) is 5.22. The van der Waals surface area contributed by atoms with Gasteiger partial charge in [-0.3, -0.25) is 9.59 Å². The number of hydrogen-bond donors (Lipinski definition) is 1. The third kappa shape index (κ3) is 2.32. The van der Waals surface area contributed by atoms with Crippen molar-refractivity contribution in [3.63, 3.8) is 0 Å². The molecule has 0 aromatic heterocycles. The summed E-state index contributed by atoms with van der Waals surface area (Å²) < 4.78 is 13.1. The van der Waals surface area contributed by atoms with E-state index in [1.165, 1.54) is 19.1 Å². The average molecular weight is 299 g/mol. The van der Waals surface area contributed by atoms with Crippen LogP contribution < -0.4 is 5.32 Å². The summed E-state index contributed by atoms with van der Waals surface area (Å²) in [6.07, 6.45) is 7.12. The summed E-state index contributed by atoms with van der Waals surface area (Å²) in [5.41, 5.74) is -0.580. The Morgan fingerprint density at radius 3 is 2.73 bits per heavy atom. The van der Waals surface area contributed by atoms with Crippen LogP contribution in [-0.2, 0) is 16.0 Å². The minimum atomic E-state index is -1.31. The fraction of sp³-hybridized carbons (Fsp3) is 0.188. The number of rotatable bonds is 3. The summed E-state index contributed by atoms with van der Waals surface area (Å²) in [6, 6.07) is 5.83. The molecule has 1 aromatic rings. The van der Waals surface area contributed by atoms with Crippen LogP contribution in [0.5, 0.6) is 0 Å². The lowest BCUT2D eigenvalue weighted by Crippen LogP contribution is -2.62. The van der Waals surface area contributed by atoms with Gasteiger partial charge >= 0.3 is 0 Å². The second-order valence-corrected chi connectivity index (χ2v) is 5.19. The Kier molecular flexibility index (Phi) is 3.36. The smallest absolute Gasteiger partial charge is 0.295 e. The molecule has 3 rings (SSSR count). The van der Waals surface area contributed by atoms with Crippen molar-refractivity contribution in [2.45, 2.75) is 19.0 Å². The Hall–Kier alpha value is -2.76. The van der Waals surface area contributed by atoms with Gasteiger partial charge in [0, 0.05) is 19.5 Å². The molecule has 112 valence electrons. The molecule has 1 unspecified atom stereocenters. The van der Waals surface area contributed by atoms with E-state index in [2.05, 4.69) is 10.3 Å². The number of benzene rings is 1.